The summed E-state index contributed by atoms with van der Waals surface area (Å²) in [4.78, 5) is 54.3. The van der Waals surface area contributed by atoms with Gasteiger partial charge in [-0.25, -0.2) is 0 Å². The SMILES string of the molecule is CCC(=O)OC(C)CN(CCCCN(CC(C)OC(=O)CC)CC(C)OC(=O)CC)CCCN(CC(C)OC)CC(C)OC(=O)CC. The van der Waals surface area contributed by atoms with Gasteiger partial charge in [-0.2, -0.15) is 0 Å². The van der Waals surface area contributed by atoms with Crippen molar-refractivity contribution in [2.75, 3.05) is 66.0 Å². The Labute approximate surface area is 285 Å². The molecule has 0 aromatic heterocycles. The fourth-order valence-electron chi connectivity index (χ4n) is 5.27. The molecule has 0 N–H and O–H groups in total. The molecule has 0 bridgehead atoms. The molecule has 5 unspecified atom stereocenters. The largest absolute Gasteiger partial charge is 0.461 e. The van der Waals surface area contributed by atoms with E-state index >= 15 is 0 Å². The number of nitrogens with zero attached hydrogens (tertiary/aromatic N) is 3. The van der Waals surface area contributed by atoms with Gasteiger partial charge in [-0.3, -0.25) is 33.9 Å². The first-order chi connectivity index (χ1) is 22.3. The molecule has 0 radical (unpaired) electrons. The smallest absolute Gasteiger partial charge is 0.305 e. The minimum atomic E-state index is -0.279. The third-order valence-corrected chi connectivity index (χ3v) is 7.61. The van der Waals surface area contributed by atoms with E-state index in [4.69, 9.17) is 23.7 Å². The second-order valence-electron chi connectivity index (χ2n) is 12.5. The van der Waals surface area contributed by atoms with Crippen molar-refractivity contribution in [2.45, 2.75) is 138 Å². The van der Waals surface area contributed by atoms with Crippen molar-refractivity contribution in [3.63, 3.8) is 0 Å². The Morgan fingerprint density at radius 1 is 0.426 bits per heavy atom. The summed E-state index contributed by atoms with van der Waals surface area (Å²) in [5.41, 5.74) is 0. The van der Waals surface area contributed by atoms with Gasteiger partial charge >= 0.3 is 23.9 Å². The van der Waals surface area contributed by atoms with Gasteiger partial charge in [0.15, 0.2) is 0 Å². The number of esters is 4. The molecule has 276 valence electrons. The highest BCUT2D eigenvalue weighted by Crippen LogP contribution is 2.10. The van der Waals surface area contributed by atoms with Crippen LogP contribution in [0.5, 0.6) is 0 Å². The molecule has 0 aliphatic heterocycles. The third-order valence-electron chi connectivity index (χ3n) is 7.61. The van der Waals surface area contributed by atoms with Crippen molar-refractivity contribution in [1.82, 2.24) is 14.7 Å². The maximum absolute atomic E-state index is 12.0. The van der Waals surface area contributed by atoms with Crippen LogP contribution in [0.25, 0.3) is 0 Å². The summed E-state index contributed by atoms with van der Waals surface area (Å²) in [6.45, 7) is 23.0. The average Bonchev–Trinajstić information content (AvgIpc) is 3.01. The van der Waals surface area contributed by atoms with E-state index in [1.165, 1.54) is 0 Å². The van der Waals surface area contributed by atoms with Crippen molar-refractivity contribution in [3.05, 3.63) is 0 Å². The first-order valence-electron chi connectivity index (χ1n) is 17.7. The van der Waals surface area contributed by atoms with Crippen molar-refractivity contribution in [2.24, 2.45) is 0 Å². The summed E-state index contributed by atoms with van der Waals surface area (Å²) in [5.74, 6) is -0.879. The Bertz CT molecular complexity index is 849. The molecule has 0 saturated heterocycles. The zero-order chi connectivity index (χ0) is 35.8. The van der Waals surface area contributed by atoms with Crippen LogP contribution in [-0.2, 0) is 42.9 Å². The number of carbonyl (C=O) groups excluding carboxylic acids is 4. The van der Waals surface area contributed by atoms with E-state index in [-0.39, 0.29) is 54.4 Å². The van der Waals surface area contributed by atoms with Gasteiger partial charge in [-0.1, -0.05) is 27.7 Å². The van der Waals surface area contributed by atoms with Crippen molar-refractivity contribution in [3.8, 4) is 0 Å². The van der Waals surface area contributed by atoms with Gasteiger partial charge in [0.25, 0.3) is 0 Å². The van der Waals surface area contributed by atoms with Gasteiger partial charge < -0.3 is 23.7 Å². The van der Waals surface area contributed by atoms with Gasteiger partial charge in [-0.15, -0.1) is 0 Å². The van der Waals surface area contributed by atoms with Crippen LogP contribution in [0, 0.1) is 0 Å². The first-order valence-corrected chi connectivity index (χ1v) is 17.7. The predicted octanol–water partition coefficient (Wildman–Crippen LogP) is 4.46. The highest BCUT2D eigenvalue weighted by atomic mass is 16.6. The second-order valence-corrected chi connectivity index (χ2v) is 12.5. The minimum absolute atomic E-state index is 0.0398. The Hall–Kier alpha value is -2.28. The van der Waals surface area contributed by atoms with E-state index < -0.39 is 0 Å². The van der Waals surface area contributed by atoms with Crippen molar-refractivity contribution < 1.29 is 42.9 Å². The number of hydrogen-bond acceptors (Lipinski definition) is 12. The Morgan fingerprint density at radius 3 is 1.00 bits per heavy atom. The molecule has 0 rings (SSSR count). The Kier molecular flexibility index (Phi) is 25.4. The lowest BCUT2D eigenvalue weighted by Crippen LogP contribution is -2.41. The molecule has 0 fully saturated rings. The zero-order valence-corrected chi connectivity index (χ0v) is 31.2. The van der Waals surface area contributed by atoms with Crippen LogP contribution in [0.3, 0.4) is 0 Å². The molecule has 0 aliphatic carbocycles. The number of methoxy groups -OCH3 is 1. The summed E-state index contributed by atoms with van der Waals surface area (Å²) < 4.78 is 27.6. The summed E-state index contributed by atoms with van der Waals surface area (Å²) in [6.07, 6.45) is 3.04. The molecule has 12 heteroatoms. The van der Waals surface area contributed by atoms with Crippen LogP contribution in [0.1, 0.15) is 107 Å². The maximum Gasteiger partial charge on any atom is 0.305 e. The number of carbonyl (C=O) groups is 4. The molecule has 5 atom stereocenters. The molecule has 0 heterocycles. The Morgan fingerprint density at radius 2 is 0.681 bits per heavy atom. The van der Waals surface area contributed by atoms with E-state index in [0.29, 0.717) is 51.9 Å². The molecular formula is C35H67N3O9. The lowest BCUT2D eigenvalue weighted by atomic mass is 10.2. The molecule has 47 heavy (non-hydrogen) atoms. The van der Waals surface area contributed by atoms with E-state index in [1.807, 2.05) is 34.6 Å². The number of hydrogen-bond donors (Lipinski definition) is 0. The van der Waals surface area contributed by atoms with Crippen LogP contribution in [0.2, 0.25) is 0 Å². The van der Waals surface area contributed by atoms with Gasteiger partial charge in [0.1, 0.15) is 24.4 Å². The molecule has 0 aromatic carbocycles. The van der Waals surface area contributed by atoms with Crippen LogP contribution in [0.4, 0.5) is 0 Å². The lowest BCUT2D eigenvalue weighted by molar-refractivity contribution is -0.151. The molecule has 12 nitrogen and oxygen atoms in total. The van der Waals surface area contributed by atoms with Crippen LogP contribution < -0.4 is 0 Å². The van der Waals surface area contributed by atoms with Crippen molar-refractivity contribution >= 4 is 23.9 Å². The number of ether oxygens (including phenoxy) is 5. The maximum atomic E-state index is 12.0. The highest BCUT2D eigenvalue weighted by molar-refractivity contribution is 5.70. The van der Waals surface area contributed by atoms with Crippen molar-refractivity contribution in [1.29, 1.82) is 0 Å². The molecule has 0 aliphatic rings. The summed E-state index contributed by atoms with van der Waals surface area (Å²) in [5, 5.41) is 0. The van der Waals surface area contributed by atoms with E-state index in [9.17, 15) is 19.2 Å². The number of unbranched alkanes of at least 4 members (excludes halogenated alkanes) is 1. The molecule has 0 aromatic rings. The quantitative estimate of drug-likeness (QED) is 0.0662. The summed E-state index contributed by atoms with van der Waals surface area (Å²) in [7, 11) is 1.70. The summed E-state index contributed by atoms with van der Waals surface area (Å²) in [6, 6.07) is 0. The molecule has 0 saturated carbocycles. The first kappa shape index (κ1) is 44.7. The third kappa shape index (κ3) is 23.7. The fourth-order valence-corrected chi connectivity index (χ4v) is 5.27. The van der Waals surface area contributed by atoms with E-state index in [2.05, 4.69) is 14.7 Å². The van der Waals surface area contributed by atoms with E-state index in [1.54, 1.807) is 34.8 Å². The molecule has 0 amide bonds. The average molecular weight is 674 g/mol. The second kappa shape index (κ2) is 26.6. The monoisotopic (exact) mass is 673 g/mol. The fraction of sp³-hybridized carbons (Fsp3) is 0.886. The molecule has 0 spiro atoms. The standard InChI is InChI=1S/C35H67N3O9/c1-11-32(39)44-28(6)23-36(20-17-21-38(22-27(5)43-10)26-31(9)47-35(42)14-4)18-15-16-19-37(24-29(7)45-33(40)12-2)25-30(8)46-34(41)13-3/h27-31H,11-26H2,1-10H3. The topological polar surface area (TPSA) is 124 Å². The predicted molar refractivity (Wildman–Crippen MR) is 183 cm³/mol. The van der Waals surface area contributed by atoms with Crippen LogP contribution in [-0.4, -0.2) is 135 Å². The van der Waals surface area contributed by atoms with E-state index in [0.717, 1.165) is 52.0 Å². The van der Waals surface area contributed by atoms with Gasteiger partial charge in [0.05, 0.1) is 6.10 Å². The zero-order valence-electron chi connectivity index (χ0n) is 31.2. The summed E-state index contributed by atoms with van der Waals surface area (Å²) >= 11 is 0. The lowest BCUT2D eigenvalue weighted by Gasteiger charge is -2.30. The van der Waals surface area contributed by atoms with Crippen LogP contribution in [0.15, 0.2) is 0 Å². The van der Waals surface area contributed by atoms with Gasteiger partial charge in [0.2, 0.25) is 0 Å². The highest BCUT2D eigenvalue weighted by Gasteiger charge is 2.20. The minimum Gasteiger partial charge on any atom is -0.461 e. The normalized spacial score (nSPS) is 14.8. The van der Waals surface area contributed by atoms with Crippen LogP contribution >= 0.6 is 0 Å². The molecular weight excluding hydrogens is 606 g/mol. The Balaban J connectivity index is 5.38. The van der Waals surface area contributed by atoms with Gasteiger partial charge in [0, 0.05) is 65.5 Å². The van der Waals surface area contributed by atoms with Gasteiger partial charge in [-0.05, 0) is 80.1 Å². The number of rotatable bonds is 28.